The van der Waals surface area contributed by atoms with Gasteiger partial charge in [-0.05, 0) is 74.2 Å². The van der Waals surface area contributed by atoms with Gasteiger partial charge in [0, 0.05) is 21.5 Å². The van der Waals surface area contributed by atoms with E-state index < -0.39 is 0 Å². The molecule has 0 amide bonds. The molecule has 0 aliphatic rings. The average Bonchev–Trinajstić information content (AvgIpc) is 3.18. The summed E-state index contributed by atoms with van der Waals surface area (Å²) in [5.41, 5.74) is 10.1. The maximum absolute atomic E-state index is 2.42. The van der Waals surface area contributed by atoms with Crippen LogP contribution in [-0.2, 0) is 0 Å². The van der Waals surface area contributed by atoms with Crippen LogP contribution < -0.4 is 0 Å². The van der Waals surface area contributed by atoms with Gasteiger partial charge in [0.05, 0.1) is 22.1 Å². The fourth-order valence-electron chi connectivity index (χ4n) is 4.87. The third-order valence-corrected chi connectivity index (χ3v) is 6.31. The highest BCUT2D eigenvalue weighted by Gasteiger charge is 2.18. The first-order valence-electron chi connectivity index (χ1n) is 10.5. The number of nitrogens with zero attached hydrogens (tertiary/aromatic N) is 2. The molecular formula is C28H24N2. The van der Waals surface area contributed by atoms with Gasteiger partial charge in [0.15, 0.2) is 0 Å². The van der Waals surface area contributed by atoms with Crippen LogP contribution in [0.1, 0.15) is 22.3 Å². The van der Waals surface area contributed by atoms with Crippen molar-refractivity contribution in [2.75, 3.05) is 0 Å². The zero-order valence-corrected chi connectivity index (χ0v) is 17.8. The van der Waals surface area contributed by atoms with Crippen molar-refractivity contribution in [2.24, 2.45) is 0 Å². The molecule has 0 radical (unpaired) electrons. The Morgan fingerprint density at radius 2 is 0.600 bits per heavy atom. The first-order chi connectivity index (χ1) is 14.5. The second kappa shape index (κ2) is 5.99. The van der Waals surface area contributed by atoms with Crippen molar-refractivity contribution in [3.8, 4) is 0 Å². The van der Waals surface area contributed by atoms with Crippen LogP contribution >= 0.6 is 0 Å². The van der Waals surface area contributed by atoms with Gasteiger partial charge in [-0.15, -0.1) is 0 Å². The zero-order valence-electron chi connectivity index (χ0n) is 17.8. The molecule has 6 aromatic rings. The summed E-state index contributed by atoms with van der Waals surface area (Å²) in [5.74, 6) is 0. The van der Waals surface area contributed by atoms with Crippen LogP contribution in [-0.4, -0.2) is 9.35 Å². The summed E-state index contributed by atoms with van der Waals surface area (Å²) in [7, 11) is 0. The summed E-state index contributed by atoms with van der Waals surface area (Å²) in [6.45, 7) is 8.69. The maximum atomic E-state index is 2.42. The first-order valence-corrected chi connectivity index (χ1v) is 10.5. The molecule has 2 nitrogen and oxygen atoms in total. The molecule has 146 valence electrons. The molecule has 6 rings (SSSR count). The van der Waals surface area contributed by atoms with E-state index in [2.05, 4.69) is 110 Å². The number of hydrogen-bond donors (Lipinski definition) is 0. The van der Waals surface area contributed by atoms with Crippen molar-refractivity contribution in [2.45, 2.75) is 27.7 Å². The topological polar surface area (TPSA) is 9.86 Å². The van der Waals surface area contributed by atoms with Gasteiger partial charge < -0.3 is 0 Å². The van der Waals surface area contributed by atoms with Gasteiger partial charge in [0.2, 0.25) is 0 Å². The molecule has 0 fully saturated rings. The van der Waals surface area contributed by atoms with Gasteiger partial charge in [0.1, 0.15) is 0 Å². The van der Waals surface area contributed by atoms with Gasteiger partial charge in [-0.3, -0.25) is 0 Å². The Hall–Kier alpha value is -3.52. The lowest BCUT2D eigenvalue weighted by atomic mass is 10.1. The third-order valence-electron chi connectivity index (χ3n) is 6.31. The standard InChI is InChI=1S/C28H24N2/c1-17-5-9-21-22-10-6-18(2)14-26(22)29(25(21)13-17)30-27-15-19(3)7-11-23(27)24-12-8-20(4)16-28(24)30/h5-16H,1-4H3. The minimum absolute atomic E-state index is 1.25. The second-order valence-electron chi connectivity index (χ2n) is 8.71. The lowest BCUT2D eigenvalue weighted by Crippen LogP contribution is -2.08. The predicted octanol–water partition coefficient (Wildman–Crippen LogP) is 7.45. The minimum atomic E-state index is 1.25. The molecule has 2 heterocycles. The molecule has 0 atom stereocenters. The van der Waals surface area contributed by atoms with E-state index in [9.17, 15) is 0 Å². The number of fused-ring (bicyclic) bond motifs is 6. The molecule has 0 spiro atoms. The molecule has 0 N–H and O–H groups in total. The number of benzene rings is 4. The van der Waals surface area contributed by atoms with E-state index >= 15 is 0 Å². The fourth-order valence-corrected chi connectivity index (χ4v) is 4.87. The molecule has 4 aromatic carbocycles. The van der Waals surface area contributed by atoms with Crippen LogP contribution in [0.25, 0.3) is 43.6 Å². The van der Waals surface area contributed by atoms with Gasteiger partial charge in [-0.25, -0.2) is 9.35 Å². The van der Waals surface area contributed by atoms with Crippen molar-refractivity contribution in [1.29, 1.82) is 0 Å². The molecular weight excluding hydrogens is 364 g/mol. The van der Waals surface area contributed by atoms with Crippen LogP contribution in [0.4, 0.5) is 0 Å². The molecule has 0 saturated carbocycles. The van der Waals surface area contributed by atoms with Crippen LogP contribution in [0.3, 0.4) is 0 Å². The van der Waals surface area contributed by atoms with E-state index in [1.807, 2.05) is 0 Å². The highest BCUT2D eigenvalue weighted by Crippen LogP contribution is 2.36. The smallest absolute Gasteiger partial charge is 0.0718 e. The second-order valence-corrected chi connectivity index (χ2v) is 8.71. The van der Waals surface area contributed by atoms with Crippen molar-refractivity contribution in [1.82, 2.24) is 9.35 Å². The SMILES string of the molecule is Cc1ccc2c3ccc(C)cc3n(-n3c4cc(C)ccc4c4ccc(C)cc43)c2c1. The van der Waals surface area contributed by atoms with Crippen molar-refractivity contribution >= 4 is 43.6 Å². The Morgan fingerprint density at radius 1 is 0.367 bits per heavy atom. The number of aromatic nitrogens is 2. The lowest BCUT2D eigenvalue weighted by molar-refractivity contribution is 0.773. The molecule has 2 heteroatoms. The molecule has 2 aromatic heterocycles. The zero-order chi connectivity index (χ0) is 20.6. The first kappa shape index (κ1) is 17.3. The number of rotatable bonds is 1. The Bertz CT molecular complexity index is 1380. The van der Waals surface area contributed by atoms with Crippen LogP contribution in [0.15, 0.2) is 72.8 Å². The largest absolute Gasteiger partial charge is 0.248 e. The summed E-state index contributed by atoms with van der Waals surface area (Å²) in [4.78, 5) is 0. The number of hydrogen-bond acceptors (Lipinski definition) is 0. The van der Waals surface area contributed by atoms with Crippen molar-refractivity contribution < 1.29 is 0 Å². The third kappa shape index (κ3) is 2.31. The fraction of sp³-hybridized carbons (Fsp3) is 0.143. The summed E-state index contributed by atoms with van der Waals surface area (Å²) >= 11 is 0. The predicted molar refractivity (Wildman–Crippen MR) is 129 cm³/mol. The van der Waals surface area contributed by atoms with Gasteiger partial charge >= 0.3 is 0 Å². The van der Waals surface area contributed by atoms with E-state index in [0.29, 0.717) is 0 Å². The van der Waals surface area contributed by atoms with Gasteiger partial charge in [0.25, 0.3) is 0 Å². The Morgan fingerprint density at radius 3 is 0.833 bits per heavy atom. The summed E-state index contributed by atoms with van der Waals surface area (Å²) in [6, 6.07) is 27.2. The highest BCUT2D eigenvalue weighted by atomic mass is 15.5. The Kier molecular flexibility index (Phi) is 3.47. The minimum Gasteiger partial charge on any atom is -0.248 e. The molecule has 0 bridgehead atoms. The quantitative estimate of drug-likeness (QED) is 0.277. The van der Waals surface area contributed by atoms with Gasteiger partial charge in [-0.1, -0.05) is 48.5 Å². The lowest BCUT2D eigenvalue weighted by Gasteiger charge is -2.14. The van der Waals surface area contributed by atoms with E-state index in [0.717, 1.165) is 0 Å². The van der Waals surface area contributed by atoms with Crippen LogP contribution in [0.2, 0.25) is 0 Å². The van der Waals surface area contributed by atoms with Crippen molar-refractivity contribution in [3.05, 3.63) is 95.1 Å². The van der Waals surface area contributed by atoms with Crippen LogP contribution in [0, 0.1) is 27.7 Å². The Labute approximate surface area is 175 Å². The van der Waals surface area contributed by atoms with E-state index in [1.165, 1.54) is 65.9 Å². The molecule has 0 saturated heterocycles. The van der Waals surface area contributed by atoms with Crippen molar-refractivity contribution in [3.63, 3.8) is 0 Å². The van der Waals surface area contributed by atoms with Crippen LogP contribution in [0.5, 0.6) is 0 Å². The molecule has 0 unspecified atom stereocenters. The van der Waals surface area contributed by atoms with E-state index in [-0.39, 0.29) is 0 Å². The normalized spacial score (nSPS) is 12.0. The summed E-state index contributed by atoms with van der Waals surface area (Å²) < 4.78 is 4.85. The summed E-state index contributed by atoms with van der Waals surface area (Å²) in [6.07, 6.45) is 0. The maximum Gasteiger partial charge on any atom is 0.0718 e. The average molecular weight is 389 g/mol. The summed E-state index contributed by atoms with van der Waals surface area (Å²) in [5, 5.41) is 5.19. The van der Waals surface area contributed by atoms with E-state index in [4.69, 9.17) is 0 Å². The monoisotopic (exact) mass is 388 g/mol. The van der Waals surface area contributed by atoms with E-state index in [1.54, 1.807) is 0 Å². The molecule has 0 aliphatic carbocycles. The Balaban J connectivity index is 1.93. The number of aryl methyl sites for hydroxylation is 4. The van der Waals surface area contributed by atoms with Gasteiger partial charge in [-0.2, -0.15) is 0 Å². The molecule has 0 aliphatic heterocycles. The highest BCUT2D eigenvalue weighted by molar-refractivity contribution is 6.12. The molecule has 30 heavy (non-hydrogen) atoms.